The number of carbonyl (C=O) groups is 1. The van der Waals surface area contributed by atoms with E-state index in [-0.39, 0.29) is 12.1 Å². The molecule has 1 atom stereocenters. The van der Waals surface area contributed by atoms with E-state index < -0.39 is 0 Å². The minimum Gasteiger partial charge on any atom is -0.463 e. The Balaban J connectivity index is 3.18. The van der Waals surface area contributed by atoms with Gasteiger partial charge in [0.15, 0.2) is 0 Å². The lowest BCUT2D eigenvalue weighted by molar-refractivity contribution is -0.145. The van der Waals surface area contributed by atoms with Crippen LogP contribution < -0.4 is 0 Å². The molecule has 0 aromatic rings. The fourth-order valence-electron chi connectivity index (χ4n) is 2.12. The average molecular weight is 268 g/mol. The van der Waals surface area contributed by atoms with Gasteiger partial charge in [-0.15, -0.1) is 0 Å². The molecule has 1 unspecified atom stereocenters. The number of allylic oxidation sites excluding steroid dienone is 2. The normalized spacial score (nSPS) is 12.8. The van der Waals surface area contributed by atoms with E-state index in [1.54, 1.807) is 0 Å². The lowest BCUT2D eigenvalue weighted by Gasteiger charge is -2.10. The molecule has 0 fully saturated rings. The van der Waals surface area contributed by atoms with E-state index in [0.717, 1.165) is 6.42 Å². The zero-order valence-electron chi connectivity index (χ0n) is 13.1. The van der Waals surface area contributed by atoms with Crippen LogP contribution in [0, 0.1) is 0 Å². The Morgan fingerprint density at radius 3 is 2.21 bits per heavy atom. The van der Waals surface area contributed by atoms with E-state index >= 15 is 0 Å². The minimum atomic E-state index is -0.164. The molecule has 0 aromatic carbocycles. The van der Waals surface area contributed by atoms with Crippen LogP contribution in [-0.4, -0.2) is 12.1 Å². The van der Waals surface area contributed by atoms with Gasteiger partial charge in [-0.2, -0.15) is 0 Å². The van der Waals surface area contributed by atoms with Crippen molar-refractivity contribution in [3.05, 3.63) is 12.2 Å². The Morgan fingerprint density at radius 1 is 1.00 bits per heavy atom. The van der Waals surface area contributed by atoms with Crippen molar-refractivity contribution in [1.29, 1.82) is 0 Å². The number of hydrogen-bond donors (Lipinski definition) is 0. The van der Waals surface area contributed by atoms with Gasteiger partial charge >= 0.3 is 5.97 Å². The highest BCUT2D eigenvalue weighted by atomic mass is 16.5. The predicted octanol–water partition coefficient (Wildman–Crippen LogP) is 5.42. The summed E-state index contributed by atoms with van der Waals surface area (Å²) in [6, 6.07) is 0. The number of unbranched alkanes of at least 4 members (excludes halogenated alkanes) is 7. The molecule has 0 heterocycles. The van der Waals surface area contributed by atoms with E-state index in [4.69, 9.17) is 4.74 Å². The molecule has 0 radical (unpaired) electrons. The lowest BCUT2D eigenvalue weighted by Crippen LogP contribution is -2.11. The van der Waals surface area contributed by atoms with Crippen LogP contribution in [0.5, 0.6) is 0 Å². The summed E-state index contributed by atoms with van der Waals surface area (Å²) in [6.07, 6.45) is 17.2. The van der Waals surface area contributed by atoms with Gasteiger partial charge in [0.1, 0.15) is 0 Å². The molecule has 0 bridgehead atoms. The number of esters is 1. The first kappa shape index (κ1) is 18.2. The zero-order chi connectivity index (χ0) is 14.3. The fraction of sp³-hybridized carbons (Fsp3) is 0.824. The Bertz CT molecular complexity index is 233. The lowest BCUT2D eigenvalue weighted by atomic mass is 10.1. The molecule has 0 rings (SSSR count). The monoisotopic (exact) mass is 268 g/mol. The van der Waals surface area contributed by atoms with E-state index in [0.29, 0.717) is 0 Å². The molecule has 0 amide bonds. The second-order valence-electron chi connectivity index (χ2n) is 5.38. The molecule has 0 aromatic heterocycles. The van der Waals surface area contributed by atoms with Crippen molar-refractivity contribution in [2.45, 2.75) is 91.1 Å². The average Bonchev–Trinajstić information content (AvgIpc) is 2.35. The summed E-state index contributed by atoms with van der Waals surface area (Å²) >= 11 is 0. The SMILES string of the molecule is CCCCC=CCCCCCCCC(C)OC(C)=O. The molecular weight excluding hydrogens is 236 g/mol. The Labute approximate surface area is 119 Å². The molecule has 0 aliphatic rings. The molecule has 0 saturated heterocycles. The summed E-state index contributed by atoms with van der Waals surface area (Å²) in [5.74, 6) is -0.164. The van der Waals surface area contributed by atoms with Crippen molar-refractivity contribution in [3.8, 4) is 0 Å². The first-order valence-electron chi connectivity index (χ1n) is 7.99. The molecule has 0 N–H and O–H groups in total. The highest BCUT2D eigenvalue weighted by molar-refractivity contribution is 5.66. The molecular formula is C17H32O2. The Morgan fingerprint density at radius 2 is 1.58 bits per heavy atom. The second kappa shape index (κ2) is 13.6. The highest BCUT2D eigenvalue weighted by Crippen LogP contribution is 2.10. The summed E-state index contributed by atoms with van der Waals surface area (Å²) in [4.78, 5) is 10.7. The van der Waals surface area contributed by atoms with Crippen LogP contribution in [0.3, 0.4) is 0 Å². The number of rotatable bonds is 12. The van der Waals surface area contributed by atoms with Gasteiger partial charge in [0.25, 0.3) is 0 Å². The van der Waals surface area contributed by atoms with Crippen molar-refractivity contribution >= 4 is 5.97 Å². The number of ether oxygens (including phenoxy) is 1. The van der Waals surface area contributed by atoms with Gasteiger partial charge < -0.3 is 4.74 Å². The Kier molecular flexibility index (Phi) is 13.1. The quantitative estimate of drug-likeness (QED) is 0.268. The smallest absolute Gasteiger partial charge is 0.302 e. The zero-order valence-corrected chi connectivity index (χ0v) is 13.1. The minimum absolute atomic E-state index is 0.0824. The summed E-state index contributed by atoms with van der Waals surface area (Å²) in [5, 5.41) is 0. The molecule has 2 nitrogen and oxygen atoms in total. The van der Waals surface area contributed by atoms with Gasteiger partial charge in [0, 0.05) is 6.92 Å². The maximum Gasteiger partial charge on any atom is 0.302 e. The van der Waals surface area contributed by atoms with Crippen LogP contribution in [0.1, 0.15) is 85.0 Å². The van der Waals surface area contributed by atoms with Crippen LogP contribution in [0.25, 0.3) is 0 Å². The van der Waals surface area contributed by atoms with Crippen molar-refractivity contribution < 1.29 is 9.53 Å². The maximum atomic E-state index is 10.7. The first-order chi connectivity index (χ1) is 9.16. The predicted molar refractivity (Wildman–Crippen MR) is 82.2 cm³/mol. The third kappa shape index (κ3) is 15.2. The van der Waals surface area contributed by atoms with E-state index in [9.17, 15) is 4.79 Å². The Hall–Kier alpha value is -0.790. The van der Waals surface area contributed by atoms with Crippen molar-refractivity contribution in [3.63, 3.8) is 0 Å². The van der Waals surface area contributed by atoms with Crippen molar-refractivity contribution in [1.82, 2.24) is 0 Å². The third-order valence-electron chi connectivity index (χ3n) is 3.24. The van der Waals surface area contributed by atoms with Gasteiger partial charge in [-0.1, -0.05) is 51.2 Å². The van der Waals surface area contributed by atoms with Gasteiger partial charge in [-0.25, -0.2) is 0 Å². The topological polar surface area (TPSA) is 26.3 Å². The summed E-state index contributed by atoms with van der Waals surface area (Å²) < 4.78 is 5.09. The third-order valence-corrected chi connectivity index (χ3v) is 3.24. The van der Waals surface area contributed by atoms with Crippen LogP contribution in [0.15, 0.2) is 12.2 Å². The maximum absolute atomic E-state index is 10.7. The summed E-state index contributed by atoms with van der Waals surface area (Å²) in [7, 11) is 0. The molecule has 2 heteroatoms. The fourth-order valence-corrected chi connectivity index (χ4v) is 2.12. The first-order valence-corrected chi connectivity index (χ1v) is 7.99. The van der Waals surface area contributed by atoms with Crippen LogP contribution in [0.4, 0.5) is 0 Å². The van der Waals surface area contributed by atoms with Crippen LogP contribution in [0.2, 0.25) is 0 Å². The van der Waals surface area contributed by atoms with Gasteiger partial charge in [-0.05, 0) is 39.0 Å². The van der Waals surface area contributed by atoms with Crippen LogP contribution >= 0.6 is 0 Å². The van der Waals surface area contributed by atoms with Crippen molar-refractivity contribution in [2.24, 2.45) is 0 Å². The van der Waals surface area contributed by atoms with Gasteiger partial charge in [-0.3, -0.25) is 4.79 Å². The van der Waals surface area contributed by atoms with E-state index in [1.807, 2.05) is 6.92 Å². The van der Waals surface area contributed by atoms with Crippen molar-refractivity contribution in [2.75, 3.05) is 0 Å². The molecule has 0 aliphatic carbocycles. The number of carbonyl (C=O) groups excluding carboxylic acids is 1. The van der Waals surface area contributed by atoms with Crippen LogP contribution in [-0.2, 0) is 9.53 Å². The molecule has 0 spiro atoms. The molecule has 0 aliphatic heterocycles. The second-order valence-corrected chi connectivity index (χ2v) is 5.38. The molecule has 19 heavy (non-hydrogen) atoms. The highest BCUT2D eigenvalue weighted by Gasteiger charge is 2.04. The van der Waals surface area contributed by atoms with E-state index in [2.05, 4.69) is 19.1 Å². The summed E-state index contributed by atoms with van der Waals surface area (Å²) in [5.41, 5.74) is 0. The standard InChI is InChI=1S/C17H32O2/c1-4-5-6-7-8-9-10-11-12-13-14-15-16(2)19-17(3)18/h7-8,16H,4-6,9-15H2,1-3H3. The largest absolute Gasteiger partial charge is 0.463 e. The molecule has 112 valence electrons. The molecule has 0 saturated carbocycles. The van der Waals surface area contributed by atoms with Gasteiger partial charge in [0.05, 0.1) is 6.10 Å². The van der Waals surface area contributed by atoms with Gasteiger partial charge in [0.2, 0.25) is 0 Å². The van der Waals surface area contributed by atoms with E-state index in [1.165, 1.54) is 64.7 Å². The summed E-state index contributed by atoms with van der Waals surface area (Å²) in [6.45, 7) is 5.68. The number of hydrogen-bond acceptors (Lipinski definition) is 2.